The van der Waals surface area contributed by atoms with Crippen molar-refractivity contribution in [3.05, 3.63) is 53.6 Å². The molecular weight excluding hydrogens is 558 g/mol. The van der Waals surface area contributed by atoms with Crippen molar-refractivity contribution < 1.29 is 18.3 Å². The zero-order valence-corrected chi connectivity index (χ0v) is 25.1. The number of oxazole rings is 1. The van der Waals surface area contributed by atoms with Gasteiger partial charge in [-0.05, 0) is 70.8 Å². The van der Waals surface area contributed by atoms with Crippen LogP contribution in [0.25, 0.3) is 28.1 Å². The number of aromatic nitrogens is 4. The number of nitrogens with zero attached hydrogens (tertiary/aromatic N) is 5. The maximum atomic E-state index is 15.6. The number of aryl methyl sites for hydroxylation is 1. The van der Waals surface area contributed by atoms with Crippen LogP contribution < -0.4 is 10.6 Å². The van der Waals surface area contributed by atoms with Crippen LogP contribution in [0.1, 0.15) is 60.8 Å². The maximum absolute atomic E-state index is 15.6. The number of amides is 1. The van der Waals surface area contributed by atoms with Gasteiger partial charge in [0, 0.05) is 41.5 Å². The first-order valence-corrected chi connectivity index (χ1v) is 14.9. The predicted octanol–water partition coefficient (Wildman–Crippen LogP) is 3.13. The van der Waals surface area contributed by atoms with Gasteiger partial charge in [-0.2, -0.15) is 5.10 Å². The molecule has 2 aliphatic rings. The minimum absolute atomic E-state index is 0.0351. The number of nitrogens with one attached hydrogen (secondary N) is 2. The van der Waals surface area contributed by atoms with Crippen LogP contribution in [-0.2, 0) is 4.74 Å². The molecule has 1 amide bonds. The van der Waals surface area contributed by atoms with Gasteiger partial charge in [-0.1, -0.05) is 5.24 Å². The number of piperidine rings is 1. The van der Waals surface area contributed by atoms with Gasteiger partial charge in [-0.15, -0.1) is 0 Å². The molecule has 6 rings (SSSR count). The van der Waals surface area contributed by atoms with E-state index in [4.69, 9.17) is 37.7 Å². The molecule has 10 nitrogen and oxygen atoms in total. The fraction of sp³-hybridized carbons (Fsp3) is 0.467. The number of ether oxygens (including phenoxy) is 1. The van der Waals surface area contributed by atoms with Crippen LogP contribution in [0.2, 0.25) is 0 Å². The van der Waals surface area contributed by atoms with Gasteiger partial charge in [-0.3, -0.25) is 4.79 Å². The van der Waals surface area contributed by atoms with Gasteiger partial charge < -0.3 is 24.7 Å². The second-order valence-electron chi connectivity index (χ2n) is 12.0. The third-order valence-electron chi connectivity index (χ3n) is 8.30. The van der Waals surface area contributed by atoms with Crippen LogP contribution >= 0.6 is 0 Å². The summed E-state index contributed by atoms with van der Waals surface area (Å²) >= 11 is 0. The number of rotatable bonds is 8. The van der Waals surface area contributed by atoms with Gasteiger partial charge in [0.05, 0.1) is 54.1 Å². The molecule has 0 aliphatic carbocycles. The first-order chi connectivity index (χ1) is 21.0. The Kier molecular flexibility index (Phi) is 8.32. The van der Waals surface area contributed by atoms with Crippen LogP contribution in [0.5, 0.6) is 0 Å². The number of anilines is 1. The fourth-order valence-corrected chi connectivity index (χ4v) is 5.86. The molecular formula is C30H33B3FN7O3. The lowest BCUT2D eigenvalue weighted by Crippen LogP contribution is -2.50. The third kappa shape index (κ3) is 6.28. The molecule has 5 heterocycles. The highest BCUT2D eigenvalue weighted by atomic mass is 19.1. The Morgan fingerprint density at radius 3 is 2.57 bits per heavy atom. The zero-order valence-electron chi connectivity index (χ0n) is 25.1. The van der Waals surface area contributed by atoms with E-state index in [-0.39, 0.29) is 28.7 Å². The van der Waals surface area contributed by atoms with Crippen molar-refractivity contribution in [2.24, 2.45) is 0 Å². The van der Waals surface area contributed by atoms with E-state index in [0.29, 0.717) is 53.5 Å². The molecule has 1 atom stereocenters. The Morgan fingerprint density at radius 2 is 1.89 bits per heavy atom. The lowest BCUT2D eigenvalue weighted by atomic mass is 9.49. The highest BCUT2D eigenvalue weighted by molar-refractivity contribution is 6.60. The Bertz CT molecular complexity index is 1670. The summed E-state index contributed by atoms with van der Waals surface area (Å²) in [6.07, 6.45) is 7.81. The fourth-order valence-electron chi connectivity index (χ4n) is 5.86. The summed E-state index contributed by atoms with van der Waals surface area (Å²) < 4.78 is 29.1. The number of likely N-dealkylation sites (tertiary alicyclic amines) is 1. The summed E-state index contributed by atoms with van der Waals surface area (Å²) in [7, 11) is 16.7. The summed E-state index contributed by atoms with van der Waals surface area (Å²) in [5.41, 5.74) is 1.98. The highest BCUT2D eigenvalue weighted by Gasteiger charge is 2.28. The topological polar surface area (TPSA) is 110 Å². The first-order valence-electron chi connectivity index (χ1n) is 14.9. The predicted molar refractivity (Wildman–Crippen MR) is 168 cm³/mol. The minimum Gasteiger partial charge on any atom is -0.440 e. The van der Waals surface area contributed by atoms with Gasteiger partial charge in [-0.25, -0.2) is 18.9 Å². The van der Waals surface area contributed by atoms with Gasteiger partial charge in [0.25, 0.3) is 0 Å². The number of hydrogen-bond donors (Lipinski definition) is 2. The van der Waals surface area contributed by atoms with E-state index in [0.717, 1.165) is 32.4 Å². The maximum Gasteiger partial charge on any atom is 0.249 e. The second kappa shape index (κ2) is 12.0. The van der Waals surface area contributed by atoms with Crippen molar-refractivity contribution in [2.45, 2.75) is 63.3 Å². The van der Waals surface area contributed by atoms with Gasteiger partial charge in [0.2, 0.25) is 5.91 Å². The van der Waals surface area contributed by atoms with Crippen molar-refractivity contribution in [1.29, 1.82) is 0 Å². The van der Waals surface area contributed by atoms with Crippen LogP contribution in [0, 0.1) is 12.7 Å². The Labute approximate surface area is 259 Å². The Morgan fingerprint density at radius 1 is 1.11 bits per heavy atom. The smallest absolute Gasteiger partial charge is 0.249 e. The van der Waals surface area contributed by atoms with Gasteiger partial charge in [0.1, 0.15) is 11.6 Å². The molecule has 4 aromatic rings. The van der Waals surface area contributed by atoms with Gasteiger partial charge >= 0.3 is 0 Å². The number of hydrogen-bond acceptors (Lipinski definition) is 8. The van der Waals surface area contributed by atoms with Crippen molar-refractivity contribution in [2.75, 3.05) is 31.6 Å². The van der Waals surface area contributed by atoms with Crippen molar-refractivity contribution in [3.8, 4) is 22.5 Å². The molecule has 14 heteroatoms. The van der Waals surface area contributed by atoms with E-state index < -0.39 is 17.0 Å². The summed E-state index contributed by atoms with van der Waals surface area (Å²) in [5, 5.41) is 8.34. The van der Waals surface area contributed by atoms with Crippen molar-refractivity contribution in [3.63, 3.8) is 0 Å². The first kappa shape index (κ1) is 30.4. The molecule has 2 saturated heterocycles. The molecule has 44 heavy (non-hydrogen) atoms. The van der Waals surface area contributed by atoms with Crippen molar-refractivity contribution >= 4 is 40.9 Å². The molecule has 2 fully saturated rings. The number of fused-ring (bicyclic) bond motifs is 1. The minimum atomic E-state index is -1.93. The average molecular weight is 591 g/mol. The van der Waals surface area contributed by atoms with Crippen LogP contribution in [-0.4, -0.2) is 97.6 Å². The van der Waals surface area contributed by atoms with E-state index in [9.17, 15) is 4.79 Å². The molecule has 222 valence electrons. The normalized spacial score (nSPS) is 18.3. The lowest BCUT2D eigenvalue weighted by molar-refractivity contribution is 0.0952. The SMILES string of the molecule is [B]C([B])([B])NC(=O)c1cc(C)c(F)c(-c2cnn3cc(-c4cnc(C5CCN(C(C)C)CC5)o4)c(N[C@H]4CCOC4)nc23)c1. The Balaban J connectivity index is 1.38. The molecule has 6 radical (unpaired) electrons. The number of halogens is 1. The van der Waals surface area contributed by atoms with E-state index in [1.54, 1.807) is 23.8 Å². The monoisotopic (exact) mass is 591 g/mol. The number of carbonyl (C=O) groups is 1. The van der Waals surface area contributed by atoms with E-state index in [2.05, 4.69) is 39.5 Å². The molecule has 1 aromatic carbocycles. The molecule has 0 unspecified atom stereocenters. The molecule has 0 bridgehead atoms. The van der Waals surface area contributed by atoms with E-state index >= 15 is 4.39 Å². The third-order valence-corrected chi connectivity index (χ3v) is 8.30. The number of carbonyl (C=O) groups excluding carboxylic acids is 1. The summed E-state index contributed by atoms with van der Waals surface area (Å²) in [6, 6.07) is 3.35. The molecule has 2 N–H and O–H groups in total. The summed E-state index contributed by atoms with van der Waals surface area (Å²) in [4.78, 5) is 24.8. The molecule has 3 aromatic heterocycles. The standard InChI is InChI=1S/C30H33B3FN7O3/c1-16(2)40-7-4-18(5-8-40)29-35-13-24(44-29)23-14-41-27(38-26(23)37-20-6-9-43-15-20)22(12-36-41)21-11-19(10-17(3)25(21)34)28(42)39-30(31,32)33/h10-14,16,18,20H,4-9,15H2,1-3H3,(H,37,38)(H,39,42)/t20-/m0/s1. The summed E-state index contributed by atoms with van der Waals surface area (Å²) in [5.74, 6) is 0.900. The van der Waals surface area contributed by atoms with Crippen LogP contribution in [0.4, 0.5) is 10.2 Å². The quantitative estimate of drug-likeness (QED) is 0.301. The average Bonchev–Trinajstić information content (AvgIpc) is 3.75. The highest BCUT2D eigenvalue weighted by Crippen LogP contribution is 2.36. The largest absolute Gasteiger partial charge is 0.440 e. The molecule has 0 saturated carbocycles. The Hall–Kier alpha value is -3.64. The van der Waals surface area contributed by atoms with Crippen molar-refractivity contribution in [1.82, 2.24) is 29.8 Å². The van der Waals surface area contributed by atoms with Crippen LogP contribution in [0.15, 0.2) is 35.1 Å². The van der Waals surface area contributed by atoms with E-state index in [1.807, 2.05) is 0 Å². The second-order valence-corrected chi connectivity index (χ2v) is 12.0. The summed E-state index contributed by atoms with van der Waals surface area (Å²) in [6.45, 7) is 9.18. The molecule has 0 spiro atoms. The number of benzene rings is 1. The van der Waals surface area contributed by atoms with Crippen LogP contribution in [0.3, 0.4) is 0 Å². The van der Waals surface area contributed by atoms with Gasteiger partial charge in [0.15, 0.2) is 17.3 Å². The lowest BCUT2D eigenvalue weighted by Gasteiger charge is -2.33. The molecule has 2 aliphatic heterocycles. The zero-order chi connectivity index (χ0) is 31.2. The van der Waals surface area contributed by atoms with E-state index in [1.165, 1.54) is 18.3 Å².